The summed E-state index contributed by atoms with van der Waals surface area (Å²) in [6, 6.07) is 37.7. The van der Waals surface area contributed by atoms with Gasteiger partial charge in [-0.25, -0.2) is 0 Å². The quantitative estimate of drug-likeness (QED) is 0.0514. The topological polar surface area (TPSA) is 110 Å². The molecule has 3 aliphatic rings. The first kappa shape index (κ1) is 42.9. The Kier molecular flexibility index (Phi) is 13.5. The fourth-order valence-electron chi connectivity index (χ4n) is 10.1. The zero-order chi connectivity index (χ0) is 43.1. The Hall–Kier alpha value is -5.74. The van der Waals surface area contributed by atoms with E-state index >= 15 is 0 Å². The molecule has 1 amide bonds. The number of hydrogen-bond donors (Lipinski definition) is 2. The predicted octanol–water partition coefficient (Wildman–Crippen LogP) is 10.7. The van der Waals surface area contributed by atoms with E-state index < -0.39 is 17.7 Å². The van der Waals surface area contributed by atoms with Crippen LogP contribution in [0.15, 0.2) is 145 Å². The Labute approximate surface area is 365 Å². The number of nitrogens with zero attached hydrogens (tertiary/aromatic N) is 2. The third-order valence-corrected chi connectivity index (χ3v) is 12.9. The minimum absolute atomic E-state index is 0.0948. The Morgan fingerprint density at radius 1 is 0.855 bits per heavy atom. The number of allylic oxidation sites excluding steroid dienone is 1. The number of ether oxygens (including phenoxy) is 3. The van der Waals surface area contributed by atoms with E-state index in [2.05, 4.69) is 43.0 Å². The second kappa shape index (κ2) is 19.5. The van der Waals surface area contributed by atoms with Gasteiger partial charge in [-0.15, -0.1) is 6.58 Å². The van der Waals surface area contributed by atoms with Gasteiger partial charge >= 0.3 is 0 Å². The number of aliphatic hydroxyl groups excluding tert-OH is 2. The molecule has 0 saturated heterocycles. The highest BCUT2D eigenvalue weighted by Crippen LogP contribution is 2.62. The SMILES string of the molecule is C=CCOC12Oc3ccc(Oc4ccc(-c5ccccc5)cc4)cc3C3C(CCCCO)C(CCCCO)C=C(C(=NOCC)CC1N(C)C(=O)c1ccc4ccccc4c1)C32. The molecule has 1 saturated carbocycles. The molecule has 0 radical (unpaired) electrons. The van der Waals surface area contributed by atoms with Crippen LogP contribution in [0.4, 0.5) is 0 Å². The molecule has 1 heterocycles. The van der Waals surface area contributed by atoms with Gasteiger partial charge < -0.3 is 34.2 Å². The summed E-state index contributed by atoms with van der Waals surface area (Å²) < 4.78 is 21.0. The summed E-state index contributed by atoms with van der Waals surface area (Å²) >= 11 is 0. The van der Waals surface area contributed by atoms with Gasteiger partial charge in [0.1, 0.15) is 29.9 Å². The van der Waals surface area contributed by atoms with Crippen molar-refractivity contribution in [3.05, 3.63) is 151 Å². The highest BCUT2D eigenvalue weighted by molar-refractivity contribution is 6.04. The van der Waals surface area contributed by atoms with Crippen LogP contribution in [0.2, 0.25) is 0 Å². The molecule has 9 nitrogen and oxygen atoms in total. The Balaban J connectivity index is 1.27. The van der Waals surface area contributed by atoms with E-state index in [0.717, 1.165) is 64.4 Å². The molecule has 0 spiro atoms. The summed E-state index contributed by atoms with van der Waals surface area (Å²) in [7, 11) is 1.83. The molecule has 0 bridgehead atoms. The molecule has 62 heavy (non-hydrogen) atoms. The molecule has 0 aromatic heterocycles. The van der Waals surface area contributed by atoms with Crippen LogP contribution in [0.25, 0.3) is 21.9 Å². The molecule has 8 rings (SSSR count). The van der Waals surface area contributed by atoms with Crippen LogP contribution < -0.4 is 9.47 Å². The molecule has 1 aliphatic heterocycles. The molecule has 6 unspecified atom stereocenters. The van der Waals surface area contributed by atoms with Gasteiger partial charge in [0, 0.05) is 43.7 Å². The summed E-state index contributed by atoms with van der Waals surface area (Å²) in [4.78, 5) is 22.4. The van der Waals surface area contributed by atoms with Gasteiger partial charge in [-0.3, -0.25) is 4.79 Å². The number of oxime groups is 1. The lowest BCUT2D eigenvalue weighted by Gasteiger charge is -2.59. The fraction of sp³-hybridized carbons (Fsp3) is 0.358. The first-order valence-electron chi connectivity index (χ1n) is 22.2. The number of unbranched alkanes of at least 4 members (excludes halogenated alkanes) is 2. The third kappa shape index (κ3) is 8.67. The lowest BCUT2D eigenvalue weighted by Crippen LogP contribution is -2.69. The van der Waals surface area contributed by atoms with Crippen LogP contribution in [-0.2, 0) is 9.57 Å². The van der Waals surface area contributed by atoms with Gasteiger partial charge in [-0.05, 0) is 114 Å². The van der Waals surface area contributed by atoms with Crippen LogP contribution in [0.5, 0.6) is 17.2 Å². The van der Waals surface area contributed by atoms with Crippen LogP contribution in [-0.4, -0.2) is 72.0 Å². The first-order valence-corrected chi connectivity index (χ1v) is 22.2. The van der Waals surface area contributed by atoms with E-state index in [0.29, 0.717) is 48.7 Å². The number of hydrogen-bond acceptors (Lipinski definition) is 8. The molecule has 9 heteroatoms. The highest BCUT2D eigenvalue weighted by Gasteiger charge is 2.65. The number of fused-ring (bicyclic) bond motifs is 3. The van der Waals surface area contributed by atoms with Crippen molar-refractivity contribution >= 4 is 22.4 Å². The van der Waals surface area contributed by atoms with Gasteiger partial charge in [-0.1, -0.05) is 103 Å². The molecule has 2 aliphatic carbocycles. The van der Waals surface area contributed by atoms with E-state index in [1.165, 1.54) is 0 Å². The van der Waals surface area contributed by atoms with E-state index in [4.69, 9.17) is 24.2 Å². The van der Waals surface area contributed by atoms with E-state index in [1.54, 1.807) is 11.0 Å². The van der Waals surface area contributed by atoms with Crippen LogP contribution in [0, 0.1) is 17.8 Å². The maximum atomic E-state index is 14.8. The number of benzene rings is 5. The maximum absolute atomic E-state index is 14.8. The van der Waals surface area contributed by atoms with Crippen molar-refractivity contribution in [2.75, 3.05) is 33.5 Å². The van der Waals surface area contributed by atoms with E-state index in [-0.39, 0.29) is 43.5 Å². The second-order valence-corrected chi connectivity index (χ2v) is 16.7. The summed E-state index contributed by atoms with van der Waals surface area (Å²) in [5.41, 5.74) is 5.57. The van der Waals surface area contributed by atoms with Crippen molar-refractivity contribution in [3.63, 3.8) is 0 Å². The maximum Gasteiger partial charge on any atom is 0.254 e. The van der Waals surface area contributed by atoms with E-state index in [1.807, 2.05) is 98.9 Å². The molecule has 5 aromatic carbocycles. The average molecular weight is 835 g/mol. The number of rotatable bonds is 18. The largest absolute Gasteiger partial charge is 0.459 e. The summed E-state index contributed by atoms with van der Waals surface area (Å²) in [5.74, 6) is 0.214. The van der Waals surface area contributed by atoms with Gasteiger partial charge in [0.2, 0.25) is 5.79 Å². The van der Waals surface area contributed by atoms with Gasteiger partial charge in [-0.2, -0.15) is 0 Å². The van der Waals surface area contributed by atoms with Gasteiger partial charge in [0.25, 0.3) is 5.91 Å². The van der Waals surface area contributed by atoms with Crippen LogP contribution >= 0.6 is 0 Å². The van der Waals surface area contributed by atoms with Gasteiger partial charge in [0.05, 0.1) is 18.2 Å². The van der Waals surface area contributed by atoms with Crippen LogP contribution in [0.1, 0.15) is 73.7 Å². The first-order chi connectivity index (χ1) is 30.4. The van der Waals surface area contributed by atoms with Crippen molar-refractivity contribution in [1.29, 1.82) is 0 Å². The smallest absolute Gasteiger partial charge is 0.254 e. The zero-order valence-corrected chi connectivity index (χ0v) is 35.8. The van der Waals surface area contributed by atoms with Crippen molar-refractivity contribution in [1.82, 2.24) is 4.90 Å². The van der Waals surface area contributed by atoms with Crippen molar-refractivity contribution in [2.45, 2.75) is 69.6 Å². The van der Waals surface area contributed by atoms with Gasteiger partial charge in [0.15, 0.2) is 0 Å². The highest BCUT2D eigenvalue weighted by atomic mass is 16.7. The Morgan fingerprint density at radius 2 is 1.56 bits per heavy atom. The lowest BCUT2D eigenvalue weighted by atomic mass is 9.55. The minimum Gasteiger partial charge on any atom is -0.459 e. The van der Waals surface area contributed by atoms with Crippen LogP contribution in [0.3, 0.4) is 0 Å². The number of aliphatic hydroxyl groups is 2. The molecule has 6 atom stereocenters. The Morgan fingerprint density at radius 3 is 2.31 bits per heavy atom. The number of amides is 1. The molecular weight excluding hydrogens is 777 g/mol. The van der Waals surface area contributed by atoms with Crippen molar-refractivity contribution < 1.29 is 34.1 Å². The number of carbonyl (C=O) groups excluding carboxylic acids is 1. The normalized spacial score (nSPS) is 23.1. The number of carbonyl (C=O) groups is 1. The molecule has 5 aromatic rings. The molecular formula is C53H58N2O7. The molecule has 322 valence electrons. The zero-order valence-electron chi connectivity index (χ0n) is 35.8. The van der Waals surface area contributed by atoms with Crippen molar-refractivity contribution in [2.24, 2.45) is 22.9 Å². The summed E-state index contributed by atoms with van der Waals surface area (Å²) in [6.07, 6.45) is 9.19. The molecule has 1 fully saturated rings. The van der Waals surface area contributed by atoms with Crippen molar-refractivity contribution in [3.8, 4) is 28.4 Å². The second-order valence-electron chi connectivity index (χ2n) is 16.7. The average Bonchev–Trinajstić information content (AvgIpc) is 3.31. The standard InChI is InChI=1S/C53H58N2O7/c1-4-31-59-53-49(55(3)52(58)41-22-21-37-17-9-10-18-39(37)32-41)35-47(54-60-5-2)45-33-40(19-11-13-29-56)44(20-12-14-30-57)50(51(45)53)46-34-43(27-28-48(46)62-53)61-42-25-23-38(24-26-42)36-15-7-6-8-16-36/h4,6-10,15-18,21-28,32-34,40,44,49-51,56-57H,1,5,11-14,19-20,29-31,35H2,2-3H3. The fourth-order valence-corrected chi connectivity index (χ4v) is 10.1. The summed E-state index contributed by atoms with van der Waals surface area (Å²) in [5, 5.41) is 26.7. The van der Waals surface area contributed by atoms with E-state index in [9.17, 15) is 15.0 Å². The monoisotopic (exact) mass is 834 g/mol. The minimum atomic E-state index is -1.34. The molecule has 2 N–H and O–H groups in total. The number of likely N-dealkylation sites (N-methyl/N-ethyl adjacent to an activating group) is 1. The predicted molar refractivity (Wildman–Crippen MR) is 245 cm³/mol. The Bertz CT molecular complexity index is 2390. The summed E-state index contributed by atoms with van der Waals surface area (Å²) in [6.45, 7) is 6.77. The lowest BCUT2D eigenvalue weighted by molar-refractivity contribution is -0.252. The third-order valence-electron chi connectivity index (χ3n) is 12.9.